The molecule has 1 aliphatic heterocycles. The summed E-state index contributed by atoms with van der Waals surface area (Å²) in [5.74, 6) is -0.428. The standard InChI is InChI=1S/C11H13ClO4S/c12-9-3-4-10(11-2-1-5-16-11)8(6-9)7-17(13,14)15/h3-4,6,11H,1-2,5,7H2,(H,13,14,15). The van der Waals surface area contributed by atoms with Crippen molar-refractivity contribution in [1.29, 1.82) is 0 Å². The minimum Gasteiger partial charge on any atom is -0.374 e. The topological polar surface area (TPSA) is 63.6 Å². The molecule has 0 amide bonds. The molecule has 1 N–H and O–H groups in total. The summed E-state index contributed by atoms with van der Waals surface area (Å²) in [5.41, 5.74) is 1.30. The third-order valence-electron chi connectivity index (χ3n) is 2.72. The Balaban J connectivity index is 2.36. The number of rotatable bonds is 3. The highest BCUT2D eigenvalue weighted by Gasteiger charge is 2.22. The van der Waals surface area contributed by atoms with Gasteiger partial charge in [0.05, 0.1) is 6.10 Å². The Hall–Kier alpha value is -0.620. The molecule has 1 fully saturated rings. The molecule has 0 saturated carbocycles. The fourth-order valence-corrected chi connectivity index (χ4v) is 2.87. The van der Waals surface area contributed by atoms with E-state index in [1.807, 2.05) is 0 Å². The van der Waals surface area contributed by atoms with Crippen LogP contribution in [0.1, 0.15) is 30.1 Å². The van der Waals surface area contributed by atoms with Gasteiger partial charge in [-0.2, -0.15) is 8.42 Å². The van der Waals surface area contributed by atoms with Crippen LogP contribution in [0, 0.1) is 0 Å². The Labute approximate surface area is 105 Å². The van der Waals surface area contributed by atoms with Gasteiger partial charge in [0.2, 0.25) is 0 Å². The van der Waals surface area contributed by atoms with Gasteiger partial charge in [-0.25, -0.2) is 0 Å². The summed E-state index contributed by atoms with van der Waals surface area (Å²) < 4.78 is 36.3. The van der Waals surface area contributed by atoms with E-state index in [1.54, 1.807) is 18.2 Å². The van der Waals surface area contributed by atoms with Crippen molar-refractivity contribution in [3.8, 4) is 0 Å². The van der Waals surface area contributed by atoms with Gasteiger partial charge in [-0.1, -0.05) is 17.7 Å². The number of hydrogen-bond donors (Lipinski definition) is 1. The van der Waals surface area contributed by atoms with E-state index in [2.05, 4.69) is 0 Å². The van der Waals surface area contributed by atoms with Crippen LogP contribution in [0.4, 0.5) is 0 Å². The molecule has 1 atom stereocenters. The van der Waals surface area contributed by atoms with Gasteiger partial charge < -0.3 is 4.74 Å². The zero-order valence-corrected chi connectivity index (χ0v) is 10.7. The lowest BCUT2D eigenvalue weighted by molar-refractivity contribution is 0.111. The molecule has 1 aromatic rings. The van der Waals surface area contributed by atoms with Gasteiger partial charge in [0.15, 0.2) is 0 Å². The summed E-state index contributed by atoms with van der Waals surface area (Å²) in [7, 11) is -4.06. The number of hydrogen-bond acceptors (Lipinski definition) is 3. The summed E-state index contributed by atoms with van der Waals surface area (Å²) in [5, 5.41) is 0.449. The molecule has 2 rings (SSSR count). The summed E-state index contributed by atoms with van der Waals surface area (Å²) in [6.07, 6.45) is 1.72. The number of halogens is 1. The first kappa shape index (κ1) is 12.8. The van der Waals surface area contributed by atoms with Crippen LogP contribution < -0.4 is 0 Å². The van der Waals surface area contributed by atoms with Crippen molar-refractivity contribution in [3.63, 3.8) is 0 Å². The molecule has 0 spiro atoms. The Kier molecular flexibility index (Phi) is 3.73. The highest BCUT2D eigenvalue weighted by molar-refractivity contribution is 7.85. The SMILES string of the molecule is O=S(=O)(O)Cc1cc(Cl)ccc1C1CCCO1. The van der Waals surface area contributed by atoms with E-state index in [4.69, 9.17) is 20.9 Å². The third kappa shape index (κ3) is 3.42. The quantitative estimate of drug-likeness (QED) is 0.862. The molecular weight excluding hydrogens is 264 g/mol. The fraction of sp³-hybridized carbons (Fsp3) is 0.455. The Morgan fingerprint density at radius 3 is 2.82 bits per heavy atom. The van der Waals surface area contributed by atoms with Crippen molar-refractivity contribution in [1.82, 2.24) is 0 Å². The van der Waals surface area contributed by atoms with E-state index in [0.29, 0.717) is 17.2 Å². The predicted octanol–water partition coefficient (Wildman–Crippen LogP) is 2.58. The van der Waals surface area contributed by atoms with Crippen LogP contribution in [0.25, 0.3) is 0 Å². The molecule has 1 heterocycles. The third-order valence-corrected chi connectivity index (χ3v) is 3.63. The predicted molar refractivity (Wildman–Crippen MR) is 64.6 cm³/mol. The molecule has 17 heavy (non-hydrogen) atoms. The Bertz CT molecular complexity index is 506. The minimum absolute atomic E-state index is 0.0935. The largest absolute Gasteiger partial charge is 0.374 e. The Morgan fingerprint density at radius 2 is 2.24 bits per heavy atom. The Morgan fingerprint density at radius 1 is 1.47 bits per heavy atom. The molecule has 1 aliphatic rings. The van der Waals surface area contributed by atoms with Crippen LogP contribution >= 0.6 is 11.6 Å². The summed E-state index contributed by atoms with van der Waals surface area (Å²) in [6.45, 7) is 0.679. The van der Waals surface area contributed by atoms with Gasteiger partial charge in [0, 0.05) is 11.6 Å². The fourth-order valence-electron chi connectivity index (χ4n) is 2.03. The number of benzene rings is 1. The van der Waals surface area contributed by atoms with Gasteiger partial charge in [-0.15, -0.1) is 0 Å². The average Bonchev–Trinajstić information content (AvgIpc) is 2.68. The lowest BCUT2D eigenvalue weighted by Gasteiger charge is -2.14. The first-order valence-electron chi connectivity index (χ1n) is 5.31. The molecule has 0 aliphatic carbocycles. The first-order chi connectivity index (χ1) is 7.96. The van der Waals surface area contributed by atoms with Crippen molar-refractivity contribution in [2.45, 2.75) is 24.7 Å². The molecular formula is C11H13ClO4S. The molecule has 4 nitrogen and oxygen atoms in total. The summed E-state index contributed by atoms with van der Waals surface area (Å²) in [4.78, 5) is 0. The van der Waals surface area contributed by atoms with Crippen molar-refractivity contribution < 1.29 is 17.7 Å². The molecule has 0 aromatic heterocycles. The van der Waals surface area contributed by atoms with E-state index in [-0.39, 0.29) is 6.10 Å². The molecule has 1 aromatic carbocycles. The van der Waals surface area contributed by atoms with Crippen molar-refractivity contribution in [2.24, 2.45) is 0 Å². The van der Waals surface area contributed by atoms with Gasteiger partial charge in [-0.3, -0.25) is 4.55 Å². The zero-order valence-electron chi connectivity index (χ0n) is 9.10. The van der Waals surface area contributed by atoms with Crippen LogP contribution in [-0.4, -0.2) is 19.6 Å². The van der Waals surface area contributed by atoms with E-state index in [9.17, 15) is 8.42 Å². The average molecular weight is 277 g/mol. The van der Waals surface area contributed by atoms with Crippen molar-refractivity contribution in [2.75, 3.05) is 6.61 Å². The molecule has 1 unspecified atom stereocenters. The van der Waals surface area contributed by atoms with Gasteiger partial charge in [0.1, 0.15) is 5.75 Å². The normalized spacial score (nSPS) is 20.7. The smallest absolute Gasteiger partial charge is 0.269 e. The van der Waals surface area contributed by atoms with Gasteiger partial charge in [0.25, 0.3) is 10.1 Å². The van der Waals surface area contributed by atoms with E-state index >= 15 is 0 Å². The number of ether oxygens (including phenoxy) is 1. The second-order valence-corrected chi connectivity index (χ2v) is 5.96. The molecule has 0 radical (unpaired) electrons. The second kappa shape index (κ2) is 4.94. The van der Waals surface area contributed by atoms with E-state index in [1.165, 1.54) is 0 Å². The first-order valence-corrected chi connectivity index (χ1v) is 7.29. The molecule has 6 heteroatoms. The van der Waals surface area contributed by atoms with Gasteiger partial charge in [-0.05, 0) is 36.1 Å². The lowest BCUT2D eigenvalue weighted by atomic mass is 10.0. The van der Waals surface area contributed by atoms with E-state index in [0.717, 1.165) is 18.4 Å². The monoisotopic (exact) mass is 276 g/mol. The maximum atomic E-state index is 11.0. The zero-order chi connectivity index (χ0) is 12.5. The second-order valence-electron chi connectivity index (χ2n) is 4.07. The van der Waals surface area contributed by atoms with E-state index < -0.39 is 15.9 Å². The maximum Gasteiger partial charge on any atom is 0.269 e. The van der Waals surface area contributed by atoms with Crippen LogP contribution in [0.3, 0.4) is 0 Å². The van der Waals surface area contributed by atoms with Crippen LogP contribution in [-0.2, 0) is 20.6 Å². The summed E-state index contributed by atoms with van der Waals surface area (Å²) in [6, 6.07) is 5.03. The lowest BCUT2D eigenvalue weighted by Crippen LogP contribution is -2.07. The molecule has 1 saturated heterocycles. The van der Waals surface area contributed by atoms with Crippen LogP contribution in [0.2, 0.25) is 5.02 Å². The summed E-state index contributed by atoms with van der Waals surface area (Å²) >= 11 is 5.84. The van der Waals surface area contributed by atoms with Crippen molar-refractivity contribution in [3.05, 3.63) is 34.3 Å². The minimum atomic E-state index is -4.06. The van der Waals surface area contributed by atoms with Gasteiger partial charge >= 0.3 is 0 Å². The highest BCUT2D eigenvalue weighted by Crippen LogP contribution is 2.32. The van der Waals surface area contributed by atoms with Crippen LogP contribution in [0.5, 0.6) is 0 Å². The van der Waals surface area contributed by atoms with Crippen molar-refractivity contribution >= 4 is 21.7 Å². The molecule has 94 valence electrons. The highest BCUT2D eigenvalue weighted by atomic mass is 35.5. The maximum absolute atomic E-state index is 11.0. The van der Waals surface area contributed by atoms with Crippen LogP contribution in [0.15, 0.2) is 18.2 Å². The molecule has 0 bridgehead atoms.